The smallest absolute Gasteiger partial charge is 0.317 e. The Kier molecular flexibility index (Phi) is 2.40. The number of urea groups is 1. The van der Waals surface area contributed by atoms with Crippen molar-refractivity contribution in [3.05, 3.63) is 0 Å². The van der Waals surface area contributed by atoms with Gasteiger partial charge in [-0.25, -0.2) is 4.79 Å². The summed E-state index contributed by atoms with van der Waals surface area (Å²) in [6.07, 6.45) is 2.60. The molecular formula is C9H17N3O. The SMILES string of the molecule is CCN1CC(NC2CC2)CNC1=O. The number of likely N-dealkylation sites (N-methyl/N-ethyl adjacent to an activating group) is 1. The molecule has 1 saturated heterocycles. The number of nitrogens with zero attached hydrogens (tertiary/aromatic N) is 1. The fraction of sp³-hybridized carbons (Fsp3) is 0.889. The van der Waals surface area contributed by atoms with E-state index in [2.05, 4.69) is 10.6 Å². The van der Waals surface area contributed by atoms with Gasteiger partial charge in [0, 0.05) is 31.7 Å². The average molecular weight is 183 g/mol. The van der Waals surface area contributed by atoms with Gasteiger partial charge >= 0.3 is 6.03 Å². The van der Waals surface area contributed by atoms with Crippen LogP contribution in [0.15, 0.2) is 0 Å². The average Bonchev–Trinajstić information content (AvgIpc) is 2.92. The van der Waals surface area contributed by atoms with Crippen molar-refractivity contribution in [3.8, 4) is 0 Å². The summed E-state index contributed by atoms with van der Waals surface area (Å²) in [7, 11) is 0. The van der Waals surface area contributed by atoms with Gasteiger partial charge in [-0.1, -0.05) is 0 Å². The van der Waals surface area contributed by atoms with E-state index >= 15 is 0 Å². The largest absolute Gasteiger partial charge is 0.336 e. The summed E-state index contributed by atoms with van der Waals surface area (Å²) in [4.78, 5) is 13.1. The molecule has 1 saturated carbocycles. The molecule has 2 aliphatic rings. The Morgan fingerprint density at radius 3 is 2.92 bits per heavy atom. The number of nitrogens with one attached hydrogen (secondary N) is 2. The molecule has 0 aromatic heterocycles. The minimum absolute atomic E-state index is 0.0800. The molecule has 0 aromatic carbocycles. The van der Waals surface area contributed by atoms with Gasteiger partial charge in [0.2, 0.25) is 0 Å². The van der Waals surface area contributed by atoms with Crippen LogP contribution in [0, 0.1) is 0 Å². The van der Waals surface area contributed by atoms with Gasteiger partial charge in [0.25, 0.3) is 0 Å². The molecule has 0 aromatic rings. The molecule has 1 atom stereocenters. The van der Waals surface area contributed by atoms with Gasteiger partial charge in [-0.05, 0) is 19.8 Å². The number of carbonyl (C=O) groups is 1. The molecule has 74 valence electrons. The number of hydrogen-bond acceptors (Lipinski definition) is 2. The first-order valence-corrected chi connectivity index (χ1v) is 5.08. The fourth-order valence-electron chi connectivity index (χ4n) is 1.70. The molecule has 1 aliphatic heterocycles. The predicted molar refractivity (Wildman–Crippen MR) is 50.6 cm³/mol. The predicted octanol–water partition coefficient (Wildman–Crippen LogP) is 0.152. The van der Waals surface area contributed by atoms with Gasteiger partial charge in [0.15, 0.2) is 0 Å². The van der Waals surface area contributed by atoms with E-state index in [1.54, 1.807) is 0 Å². The minimum atomic E-state index is 0.0800. The summed E-state index contributed by atoms with van der Waals surface area (Å²) >= 11 is 0. The summed E-state index contributed by atoms with van der Waals surface area (Å²) in [6, 6.07) is 1.25. The lowest BCUT2D eigenvalue weighted by Crippen LogP contribution is -2.58. The molecule has 4 nitrogen and oxygen atoms in total. The van der Waals surface area contributed by atoms with Crippen LogP contribution in [0.25, 0.3) is 0 Å². The minimum Gasteiger partial charge on any atom is -0.336 e. The lowest BCUT2D eigenvalue weighted by Gasteiger charge is -2.33. The third-order valence-electron chi connectivity index (χ3n) is 2.66. The van der Waals surface area contributed by atoms with Crippen LogP contribution in [-0.2, 0) is 0 Å². The molecule has 13 heavy (non-hydrogen) atoms. The Bertz CT molecular complexity index is 203. The molecule has 1 aliphatic carbocycles. The lowest BCUT2D eigenvalue weighted by molar-refractivity contribution is 0.177. The van der Waals surface area contributed by atoms with Crippen LogP contribution in [0.5, 0.6) is 0 Å². The highest BCUT2D eigenvalue weighted by atomic mass is 16.2. The van der Waals surface area contributed by atoms with Gasteiger partial charge in [0.1, 0.15) is 0 Å². The van der Waals surface area contributed by atoms with Crippen molar-refractivity contribution in [2.75, 3.05) is 19.6 Å². The Balaban J connectivity index is 1.82. The van der Waals surface area contributed by atoms with Crippen molar-refractivity contribution in [1.29, 1.82) is 0 Å². The summed E-state index contributed by atoms with van der Waals surface area (Å²) < 4.78 is 0. The standard InChI is InChI=1S/C9H17N3O/c1-2-12-6-8(5-10-9(12)13)11-7-3-4-7/h7-8,11H,2-6H2,1H3,(H,10,13). The molecule has 2 rings (SSSR count). The maximum atomic E-state index is 11.3. The molecule has 0 radical (unpaired) electrons. The van der Waals surface area contributed by atoms with Crippen LogP contribution in [0.3, 0.4) is 0 Å². The third kappa shape index (κ3) is 2.12. The highest BCUT2D eigenvalue weighted by Gasteiger charge is 2.29. The van der Waals surface area contributed by atoms with E-state index in [-0.39, 0.29) is 6.03 Å². The number of carbonyl (C=O) groups excluding carboxylic acids is 1. The molecule has 0 spiro atoms. The summed E-state index contributed by atoms with van der Waals surface area (Å²) in [5.41, 5.74) is 0. The van der Waals surface area contributed by atoms with Crippen molar-refractivity contribution in [2.45, 2.75) is 31.8 Å². The number of hydrogen-bond donors (Lipinski definition) is 2. The maximum absolute atomic E-state index is 11.3. The van der Waals surface area contributed by atoms with E-state index in [1.165, 1.54) is 12.8 Å². The quantitative estimate of drug-likeness (QED) is 0.654. The monoisotopic (exact) mass is 183 g/mol. The second-order valence-electron chi connectivity index (χ2n) is 3.86. The van der Waals surface area contributed by atoms with Gasteiger partial charge < -0.3 is 15.5 Å². The van der Waals surface area contributed by atoms with Crippen molar-refractivity contribution < 1.29 is 4.79 Å². The molecule has 1 heterocycles. The Morgan fingerprint density at radius 2 is 2.31 bits per heavy atom. The number of rotatable bonds is 3. The molecule has 2 N–H and O–H groups in total. The Labute approximate surface area is 78.7 Å². The first-order valence-electron chi connectivity index (χ1n) is 5.08. The maximum Gasteiger partial charge on any atom is 0.317 e. The van der Waals surface area contributed by atoms with Crippen molar-refractivity contribution in [1.82, 2.24) is 15.5 Å². The van der Waals surface area contributed by atoms with Crippen LogP contribution in [-0.4, -0.2) is 42.6 Å². The van der Waals surface area contributed by atoms with Crippen LogP contribution in [0.1, 0.15) is 19.8 Å². The van der Waals surface area contributed by atoms with E-state index in [1.807, 2.05) is 11.8 Å². The molecule has 0 bridgehead atoms. The van der Waals surface area contributed by atoms with E-state index in [0.717, 1.165) is 25.7 Å². The second-order valence-corrected chi connectivity index (χ2v) is 3.86. The van der Waals surface area contributed by atoms with E-state index in [0.29, 0.717) is 6.04 Å². The van der Waals surface area contributed by atoms with Gasteiger partial charge in [-0.2, -0.15) is 0 Å². The highest BCUT2D eigenvalue weighted by molar-refractivity contribution is 5.75. The Morgan fingerprint density at radius 1 is 1.54 bits per heavy atom. The summed E-state index contributed by atoms with van der Waals surface area (Å²) in [5.74, 6) is 0. The van der Waals surface area contributed by atoms with Crippen molar-refractivity contribution in [2.24, 2.45) is 0 Å². The third-order valence-corrected chi connectivity index (χ3v) is 2.66. The van der Waals surface area contributed by atoms with E-state index in [9.17, 15) is 4.79 Å². The van der Waals surface area contributed by atoms with E-state index in [4.69, 9.17) is 0 Å². The van der Waals surface area contributed by atoms with Gasteiger partial charge in [-0.3, -0.25) is 0 Å². The zero-order valence-corrected chi connectivity index (χ0v) is 8.05. The van der Waals surface area contributed by atoms with Crippen LogP contribution in [0.2, 0.25) is 0 Å². The molecule has 4 heteroatoms. The molecular weight excluding hydrogens is 166 g/mol. The lowest BCUT2D eigenvalue weighted by atomic mass is 10.2. The van der Waals surface area contributed by atoms with Crippen LogP contribution in [0.4, 0.5) is 4.79 Å². The zero-order valence-electron chi connectivity index (χ0n) is 8.05. The normalized spacial score (nSPS) is 28.8. The van der Waals surface area contributed by atoms with Gasteiger partial charge in [0.05, 0.1) is 0 Å². The fourth-order valence-corrected chi connectivity index (χ4v) is 1.70. The van der Waals surface area contributed by atoms with E-state index < -0.39 is 0 Å². The summed E-state index contributed by atoms with van der Waals surface area (Å²) in [5, 5.41) is 6.41. The first kappa shape index (κ1) is 8.81. The Hall–Kier alpha value is -0.770. The van der Waals surface area contributed by atoms with Crippen molar-refractivity contribution in [3.63, 3.8) is 0 Å². The zero-order chi connectivity index (χ0) is 9.26. The summed E-state index contributed by atoms with van der Waals surface area (Å²) in [6.45, 7) is 4.46. The molecule has 2 amide bonds. The second kappa shape index (κ2) is 3.54. The molecule has 2 fully saturated rings. The first-order chi connectivity index (χ1) is 6.29. The van der Waals surface area contributed by atoms with Gasteiger partial charge in [-0.15, -0.1) is 0 Å². The van der Waals surface area contributed by atoms with Crippen LogP contribution < -0.4 is 10.6 Å². The number of amides is 2. The molecule has 1 unspecified atom stereocenters. The highest BCUT2D eigenvalue weighted by Crippen LogP contribution is 2.19. The topological polar surface area (TPSA) is 44.4 Å². The van der Waals surface area contributed by atoms with Crippen LogP contribution >= 0.6 is 0 Å². The van der Waals surface area contributed by atoms with Crippen molar-refractivity contribution >= 4 is 6.03 Å².